The number of rotatable bonds is 5. The van der Waals surface area contributed by atoms with Crippen molar-refractivity contribution < 1.29 is 9.53 Å². The lowest BCUT2D eigenvalue weighted by atomic mass is 10.1. The third-order valence-electron chi connectivity index (χ3n) is 5.73. The maximum absolute atomic E-state index is 11.8. The first-order valence-corrected chi connectivity index (χ1v) is 10.5. The SMILES string of the molecule is COC1=CC(c2cc3ccccc3n2-c2ccccc2C=O)=NC1=Cc1[nH]c(C)cc1C. The summed E-state index contributed by atoms with van der Waals surface area (Å²) in [7, 11) is 1.65. The van der Waals surface area contributed by atoms with E-state index >= 15 is 0 Å². The number of allylic oxidation sites excluding steroid dienone is 1. The van der Waals surface area contributed by atoms with E-state index in [0.29, 0.717) is 11.3 Å². The standard InChI is InChI=1S/C27H23N3O2/c1-17-12-18(2)28-21(17)14-23-27(32-3)15-22(29-23)26-13-19-8-4-6-10-24(19)30(26)25-11-7-5-9-20(25)16-31/h4-16,28H,1-3H3. The zero-order valence-electron chi connectivity index (χ0n) is 18.2. The minimum Gasteiger partial charge on any atom is -0.494 e. The highest BCUT2D eigenvalue weighted by Crippen LogP contribution is 2.31. The second-order valence-electron chi connectivity index (χ2n) is 7.89. The summed E-state index contributed by atoms with van der Waals surface area (Å²) in [5.41, 5.74) is 8.17. The smallest absolute Gasteiger partial charge is 0.152 e. The molecule has 1 aliphatic heterocycles. The Morgan fingerprint density at radius 2 is 1.81 bits per heavy atom. The fourth-order valence-corrected chi connectivity index (χ4v) is 4.24. The number of aromatic nitrogens is 2. The lowest BCUT2D eigenvalue weighted by Gasteiger charge is -2.12. The molecule has 4 aromatic rings. The number of ether oxygens (including phenoxy) is 1. The molecule has 0 saturated heterocycles. The van der Waals surface area contributed by atoms with Crippen LogP contribution in [-0.2, 0) is 4.74 Å². The number of H-pyrrole nitrogens is 1. The molecule has 5 heteroatoms. The molecule has 1 aliphatic rings. The first-order valence-electron chi connectivity index (χ1n) is 10.5. The van der Waals surface area contributed by atoms with Crippen LogP contribution >= 0.6 is 0 Å². The molecule has 32 heavy (non-hydrogen) atoms. The number of carbonyl (C=O) groups excluding carboxylic acids is 1. The van der Waals surface area contributed by atoms with Crippen LogP contribution in [0, 0.1) is 13.8 Å². The molecule has 1 N–H and O–H groups in total. The Bertz CT molecular complexity index is 1450. The second kappa shape index (κ2) is 7.85. The van der Waals surface area contributed by atoms with Gasteiger partial charge in [-0.15, -0.1) is 0 Å². The lowest BCUT2D eigenvalue weighted by molar-refractivity contribution is 0.112. The van der Waals surface area contributed by atoms with Gasteiger partial charge in [0.2, 0.25) is 0 Å². The van der Waals surface area contributed by atoms with E-state index in [9.17, 15) is 4.79 Å². The van der Waals surface area contributed by atoms with Gasteiger partial charge in [-0.05, 0) is 55.8 Å². The first-order chi connectivity index (χ1) is 15.6. The number of hydrogen-bond acceptors (Lipinski definition) is 3. The van der Waals surface area contributed by atoms with Crippen LogP contribution in [0.5, 0.6) is 0 Å². The molecule has 0 spiro atoms. The Balaban J connectivity index is 1.72. The van der Waals surface area contributed by atoms with E-state index < -0.39 is 0 Å². The van der Waals surface area contributed by atoms with Crippen molar-refractivity contribution in [3.8, 4) is 5.69 Å². The van der Waals surface area contributed by atoms with Gasteiger partial charge in [0.25, 0.3) is 0 Å². The van der Waals surface area contributed by atoms with Crippen molar-refractivity contribution in [3.63, 3.8) is 0 Å². The molecule has 0 saturated carbocycles. The van der Waals surface area contributed by atoms with Crippen LogP contribution in [0.2, 0.25) is 0 Å². The number of para-hydroxylation sites is 2. The summed E-state index contributed by atoms with van der Waals surface area (Å²) in [5.74, 6) is 0.701. The number of nitrogens with zero attached hydrogens (tertiary/aromatic N) is 2. The summed E-state index contributed by atoms with van der Waals surface area (Å²) in [5, 5.41) is 1.08. The molecular weight excluding hydrogens is 398 g/mol. The van der Waals surface area contributed by atoms with Crippen LogP contribution in [0.25, 0.3) is 22.7 Å². The number of benzene rings is 2. The second-order valence-corrected chi connectivity index (χ2v) is 7.89. The highest BCUT2D eigenvalue weighted by Gasteiger charge is 2.22. The Morgan fingerprint density at radius 3 is 2.56 bits per heavy atom. The molecule has 0 fully saturated rings. The zero-order chi connectivity index (χ0) is 22.2. The fourth-order valence-electron chi connectivity index (χ4n) is 4.24. The number of fused-ring (bicyclic) bond motifs is 1. The van der Waals surface area contributed by atoms with Crippen molar-refractivity contribution >= 4 is 29.0 Å². The van der Waals surface area contributed by atoms with Crippen molar-refractivity contribution in [3.05, 3.63) is 106 Å². The van der Waals surface area contributed by atoms with E-state index in [1.165, 1.54) is 0 Å². The van der Waals surface area contributed by atoms with Gasteiger partial charge in [-0.25, -0.2) is 4.99 Å². The van der Waals surface area contributed by atoms with Crippen molar-refractivity contribution in [1.29, 1.82) is 0 Å². The number of aliphatic imine (C=N–C) groups is 1. The molecule has 2 aromatic carbocycles. The number of methoxy groups -OCH3 is 1. The normalized spacial score (nSPS) is 14.7. The maximum atomic E-state index is 11.8. The minimum absolute atomic E-state index is 0.623. The number of hydrogen-bond donors (Lipinski definition) is 1. The molecule has 0 bridgehead atoms. The fraction of sp³-hybridized carbons (Fsp3) is 0.111. The van der Waals surface area contributed by atoms with Crippen molar-refractivity contribution in [1.82, 2.24) is 9.55 Å². The largest absolute Gasteiger partial charge is 0.494 e. The molecule has 158 valence electrons. The maximum Gasteiger partial charge on any atom is 0.152 e. The van der Waals surface area contributed by atoms with Gasteiger partial charge in [0, 0.05) is 28.4 Å². The van der Waals surface area contributed by atoms with Gasteiger partial charge in [-0.2, -0.15) is 0 Å². The number of aryl methyl sites for hydroxylation is 2. The molecule has 3 heterocycles. The lowest BCUT2D eigenvalue weighted by Crippen LogP contribution is -2.07. The number of aromatic amines is 1. The summed E-state index contributed by atoms with van der Waals surface area (Å²) < 4.78 is 7.75. The van der Waals surface area contributed by atoms with Gasteiger partial charge in [0.1, 0.15) is 11.5 Å². The molecular formula is C27H23N3O2. The van der Waals surface area contributed by atoms with E-state index in [1.54, 1.807) is 7.11 Å². The third kappa shape index (κ3) is 3.28. The Kier molecular flexibility index (Phi) is 4.86. The Morgan fingerprint density at radius 1 is 1.03 bits per heavy atom. The van der Waals surface area contributed by atoms with Crippen LogP contribution in [0.4, 0.5) is 0 Å². The average Bonchev–Trinajstić information content (AvgIpc) is 3.48. The highest BCUT2D eigenvalue weighted by atomic mass is 16.5. The average molecular weight is 422 g/mol. The molecule has 2 aromatic heterocycles. The van der Waals surface area contributed by atoms with Crippen molar-refractivity contribution in [2.75, 3.05) is 7.11 Å². The van der Waals surface area contributed by atoms with E-state index in [2.05, 4.69) is 40.7 Å². The van der Waals surface area contributed by atoms with E-state index in [4.69, 9.17) is 9.73 Å². The summed E-state index contributed by atoms with van der Waals surface area (Å²) in [6.45, 7) is 4.11. The van der Waals surface area contributed by atoms with E-state index in [-0.39, 0.29) is 0 Å². The quantitative estimate of drug-likeness (QED) is 0.416. The summed E-state index contributed by atoms with van der Waals surface area (Å²) in [6, 6.07) is 19.9. The van der Waals surface area contributed by atoms with Crippen molar-refractivity contribution in [2.24, 2.45) is 4.99 Å². The first kappa shape index (κ1) is 19.8. The highest BCUT2D eigenvalue weighted by molar-refractivity contribution is 6.14. The number of aldehydes is 1. The summed E-state index contributed by atoms with van der Waals surface area (Å²) in [4.78, 5) is 20.1. The Labute approximate surface area is 186 Å². The van der Waals surface area contributed by atoms with Gasteiger partial charge in [-0.3, -0.25) is 4.79 Å². The molecule has 5 rings (SSSR count). The summed E-state index contributed by atoms with van der Waals surface area (Å²) in [6.07, 6.45) is 4.85. The molecule has 0 aliphatic carbocycles. The predicted molar refractivity (Wildman–Crippen MR) is 129 cm³/mol. The van der Waals surface area contributed by atoms with Gasteiger partial charge >= 0.3 is 0 Å². The molecule has 0 unspecified atom stereocenters. The van der Waals surface area contributed by atoms with Crippen molar-refractivity contribution in [2.45, 2.75) is 13.8 Å². The third-order valence-corrected chi connectivity index (χ3v) is 5.73. The van der Waals surface area contributed by atoms with Gasteiger partial charge < -0.3 is 14.3 Å². The van der Waals surface area contributed by atoms with E-state index in [0.717, 1.165) is 56.9 Å². The van der Waals surface area contributed by atoms with Crippen LogP contribution in [0.15, 0.2) is 83.2 Å². The van der Waals surface area contributed by atoms with Crippen LogP contribution in [0.3, 0.4) is 0 Å². The van der Waals surface area contributed by atoms with E-state index in [1.807, 2.05) is 55.5 Å². The van der Waals surface area contributed by atoms with Gasteiger partial charge in [0.05, 0.1) is 29.7 Å². The van der Waals surface area contributed by atoms with Crippen LogP contribution in [0.1, 0.15) is 33.0 Å². The Hall–Kier alpha value is -4.12. The number of nitrogens with one attached hydrogen (secondary N) is 1. The molecule has 0 atom stereocenters. The van der Waals surface area contributed by atoms with Crippen LogP contribution in [-0.4, -0.2) is 28.7 Å². The number of carbonyl (C=O) groups is 1. The van der Waals surface area contributed by atoms with Crippen LogP contribution < -0.4 is 0 Å². The molecule has 0 amide bonds. The summed E-state index contributed by atoms with van der Waals surface area (Å²) >= 11 is 0. The monoisotopic (exact) mass is 421 g/mol. The van der Waals surface area contributed by atoms with Gasteiger partial charge in [-0.1, -0.05) is 30.3 Å². The topological polar surface area (TPSA) is 59.4 Å². The molecule has 5 nitrogen and oxygen atoms in total. The zero-order valence-corrected chi connectivity index (χ0v) is 18.2. The van der Waals surface area contributed by atoms with Gasteiger partial charge in [0.15, 0.2) is 6.29 Å². The minimum atomic E-state index is 0.623. The molecule has 0 radical (unpaired) electrons. The predicted octanol–water partition coefficient (Wildman–Crippen LogP) is 5.76.